The fraction of sp³-hybridized carbons (Fsp3) is 1.00. The average molecular weight is 207 g/mol. The van der Waals surface area contributed by atoms with Crippen LogP contribution in [-0.4, -0.2) is 33.0 Å². The first-order valence-corrected chi connectivity index (χ1v) is 6.78. The number of hydrogen-bond donors (Lipinski definition) is 1. The Labute approximate surface area is 81.8 Å². The molecule has 3 nitrogen and oxygen atoms in total. The van der Waals surface area contributed by atoms with Crippen molar-refractivity contribution in [2.24, 2.45) is 5.92 Å². The minimum Gasteiger partial charge on any atom is -0.313 e. The zero-order valence-corrected chi connectivity index (χ0v) is 9.82. The van der Waals surface area contributed by atoms with Crippen LogP contribution in [0.1, 0.15) is 27.2 Å². The summed E-state index contributed by atoms with van der Waals surface area (Å²) < 4.78 is 21.8. The van der Waals surface area contributed by atoms with Gasteiger partial charge in [0.15, 0.2) is 0 Å². The standard InChI is InChI=1S/C9H21NO2S/c1-8(2)5-6-10-9(3)7-13(4,11)12/h8-10H,5-7H2,1-4H3. The molecule has 0 aliphatic carbocycles. The van der Waals surface area contributed by atoms with Crippen molar-refractivity contribution in [2.75, 3.05) is 18.6 Å². The second kappa shape index (κ2) is 5.60. The molecule has 0 spiro atoms. The van der Waals surface area contributed by atoms with Crippen molar-refractivity contribution in [2.45, 2.75) is 33.2 Å². The van der Waals surface area contributed by atoms with Crippen LogP contribution in [0.15, 0.2) is 0 Å². The minimum atomic E-state index is -2.84. The van der Waals surface area contributed by atoms with Gasteiger partial charge in [0.05, 0.1) is 5.75 Å². The maximum Gasteiger partial charge on any atom is 0.148 e. The zero-order chi connectivity index (χ0) is 10.5. The van der Waals surface area contributed by atoms with E-state index < -0.39 is 9.84 Å². The van der Waals surface area contributed by atoms with Crippen molar-refractivity contribution < 1.29 is 8.42 Å². The van der Waals surface area contributed by atoms with Crippen molar-refractivity contribution in [3.05, 3.63) is 0 Å². The van der Waals surface area contributed by atoms with Gasteiger partial charge >= 0.3 is 0 Å². The van der Waals surface area contributed by atoms with Gasteiger partial charge < -0.3 is 5.32 Å². The summed E-state index contributed by atoms with van der Waals surface area (Å²) in [6.45, 7) is 7.11. The largest absolute Gasteiger partial charge is 0.313 e. The van der Waals surface area contributed by atoms with Gasteiger partial charge in [0.2, 0.25) is 0 Å². The van der Waals surface area contributed by atoms with Crippen molar-refractivity contribution >= 4 is 9.84 Å². The molecule has 1 atom stereocenters. The highest BCUT2D eigenvalue weighted by atomic mass is 32.2. The summed E-state index contributed by atoms with van der Waals surface area (Å²) in [6.07, 6.45) is 2.36. The number of rotatable bonds is 6. The van der Waals surface area contributed by atoms with E-state index in [9.17, 15) is 8.42 Å². The van der Waals surface area contributed by atoms with Crippen LogP contribution in [0.5, 0.6) is 0 Å². The Morgan fingerprint density at radius 1 is 1.23 bits per heavy atom. The summed E-state index contributed by atoms with van der Waals surface area (Å²) >= 11 is 0. The lowest BCUT2D eigenvalue weighted by atomic mass is 10.1. The second-order valence-corrected chi connectivity index (χ2v) is 6.31. The van der Waals surface area contributed by atoms with Crippen molar-refractivity contribution in [3.8, 4) is 0 Å². The molecule has 0 rings (SSSR count). The number of nitrogens with one attached hydrogen (secondary N) is 1. The Kier molecular flexibility index (Phi) is 5.56. The summed E-state index contributed by atoms with van der Waals surface area (Å²) in [4.78, 5) is 0. The van der Waals surface area contributed by atoms with Crippen LogP contribution in [0.3, 0.4) is 0 Å². The molecule has 80 valence electrons. The molecule has 0 amide bonds. The first-order chi connectivity index (χ1) is 5.81. The highest BCUT2D eigenvalue weighted by molar-refractivity contribution is 7.90. The van der Waals surface area contributed by atoms with E-state index in [0.717, 1.165) is 13.0 Å². The second-order valence-electron chi connectivity index (χ2n) is 4.13. The lowest BCUT2D eigenvalue weighted by Gasteiger charge is -2.13. The first kappa shape index (κ1) is 12.9. The molecule has 0 aromatic rings. The van der Waals surface area contributed by atoms with Crippen LogP contribution in [0.4, 0.5) is 0 Å². The molecule has 13 heavy (non-hydrogen) atoms. The molecule has 1 unspecified atom stereocenters. The third-order valence-electron chi connectivity index (χ3n) is 1.77. The molecule has 0 radical (unpaired) electrons. The summed E-state index contributed by atoms with van der Waals surface area (Å²) in [5.41, 5.74) is 0. The van der Waals surface area contributed by atoms with E-state index >= 15 is 0 Å². The van der Waals surface area contributed by atoms with E-state index in [0.29, 0.717) is 5.92 Å². The van der Waals surface area contributed by atoms with Gasteiger partial charge in [-0.2, -0.15) is 0 Å². The van der Waals surface area contributed by atoms with Crippen molar-refractivity contribution in [1.29, 1.82) is 0 Å². The zero-order valence-electron chi connectivity index (χ0n) is 9.00. The Morgan fingerprint density at radius 3 is 2.15 bits per heavy atom. The predicted molar refractivity (Wildman–Crippen MR) is 56.6 cm³/mol. The summed E-state index contributed by atoms with van der Waals surface area (Å²) in [6, 6.07) is 0.0637. The molecule has 1 N–H and O–H groups in total. The molecule has 4 heteroatoms. The molecule has 0 aliphatic heterocycles. The topological polar surface area (TPSA) is 46.2 Å². The Morgan fingerprint density at radius 2 is 1.77 bits per heavy atom. The maximum absolute atomic E-state index is 10.9. The normalized spacial score (nSPS) is 14.8. The fourth-order valence-corrected chi connectivity index (χ4v) is 2.16. The van der Waals surface area contributed by atoms with Gasteiger partial charge in [-0.1, -0.05) is 13.8 Å². The smallest absolute Gasteiger partial charge is 0.148 e. The SMILES string of the molecule is CC(C)CCNC(C)CS(C)(=O)=O. The molecular formula is C9H21NO2S. The van der Waals surface area contributed by atoms with Crippen molar-refractivity contribution in [1.82, 2.24) is 5.32 Å². The minimum absolute atomic E-state index is 0.0637. The van der Waals surface area contributed by atoms with E-state index in [1.165, 1.54) is 6.26 Å². The van der Waals surface area contributed by atoms with Crippen LogP contribution >= 0.6 is 0 Å². The molecule has 0 fully saturated rings. The number of sulfone groups is 1. The van der Waals surface area contributed by atoms with Crippen molar-refractivity contribution in [3.63, 3.8) is 0 Å². The van der Waals surface area contributed by atoms with Gasteiger partial charge in [0.25, 0.3) is 0 Å². The number of hydrogen-bond acceptors (Lipinski definition) is 3. The average Bonchev–Trinajstić information content (AvgIpc) is 1.81. The van der Waals surface area contributed by atoms with E-state index in [4.69, 9.17) is 0 Å². The van der Waals surface area contributed by atoms with Gasteiger partial charge in [0.1, 0.15) is 9.84 Å². The maximum atomic E-state index is 10.9. The van der Waals surface area contributed by atoms with Gasteiger partial charge in [-0.3, -0.25) is 0 Å². The summed E-state index contributed by atoms with van der Waals surface area (Å²) in [5.74, 6) is 0.892. The lowest BCUT2D eigenvalue weighted by Crippen LogP contribution is -2.33. The van der Waals surface area contributed by atoms with Gasteiger partial charge in [0, 0.05) is 12.3 Å². The third-order valence-corrected chi connectivity index (χ3v) is 2.87. The molecule has 0 aromatic carbocycles. The van der Waals surface area contributed by atoms with Gasteiger partial charge in [-0.05, 0) is 25.8 Å². The van der Waals surface area contributed by atoms with Crippen LogP contribution in [-0.2, 0) is 9.84 Å². The fourth-order valence-electron chi connectivity index (χ4n) is 1.13. The van der Waals surface area contributed by atoms with Crippen LogP contribution in [0, 0.1) is 5.92 Å². The van der Waals surface area contributed by atoms with Gasteiger partial charge in [-0.25, -0.2) is 8.42 Å². The quantitative estimate of drug-likeness (QED) is 0.708. The molecule has 0 heterocycles. The highest BCUT2D eigenvalue weighted by Gasteiger charge is 2.09. The van der Waals surface area contributed by atoms with Crippen LogP contribution in [0.2, 0.25) is 0 Å². The third kappa shape index (κ3) is 9.83. The monoisotopic (exact) mass is 207 g/mol. The van der Waals surface area contributed by atoms with E-state index in [1.54, 1.807) is 0 Å². The predicted octanol–water partition coefficient (Wildman–Crippen LogP) is 1.06. The molecule has 0 saturated heterocycles. The molecular weight excluding hydrogens is 186 g/mol. The van der Waals surface area contributed by atoms with E-state index in [2.05, 4.69) is 19.2 Å². The van der Waals surface area contributed by atoms with E-state index in [-0.39, 0.29) is 11.8 Å². The van der Waals surface area contributed by atoms with E-state index in [1.807, 2.05) is 6.92 Å². The van der Waals surface area contributed by atoms with Crippen LogP contribution in [0.25, 0.3) is 0 Å². The Bertz CT molecular complexity index is 222. The Hall–Kier alpha value is -0.0900. The summed E-state index contributed by atoms with van der Waals surface area (Å²) in [5, 5.41) is 3.19. The first-order valence-electron chi connectivity index (χ1n) is 4.72. The Balaban J connectivity index is 3.58. The lowest BCUT2D eigenvalue weighted by molar-refractivity contribution is 0.501. The summed E-state index contributed by atoms with van der Waals surface area (Å²) in [7, 11) is -2.84. The van der Waals surface area contributed by atoms with Crippen LogP contribution < -0.4 is 5.32 Å². The molecule has 0 aromatic heterocycles. The molecule has 0 saturated carbocycles. The molecule has 0 aliphatic rings. The van der Waals surface area contributed by atoms with Gasteiger partial charge in [-0.15, -0.1) is 0 Å². The highest BCUT2D eigenvalue weighted by Crippen LogP contribution is 1.97. The molecule has 0 bridgehead atoms.